The molecule has 3 rings (SSSR count). The number of halogens is 1. The standard InChI is InChI=1S/C18H15ClN4O2/c1-25-15-7-3-6-14(11-15)21-18(24)16-8-9-17(23-22-16)20-13-5-2-4-12(19)10-13/h2-11H,1H3,(H,20,23)(H,21,24). The molecule has 0 saturated heterocycles. The zero-order valence-electron chi connectivity index (χ0n) is 13.4. The largest absolute Gasteiger partial charge is 0.497 e. The summed E-state index contributed by atoms with van der Waals surface area (Å²) in [5, 5.41) is 14.4. The molecule has 0 unspecified atom stereocenters. The number of amides is 1. The first-order chi connectivity index (χ1) is 12.1. The number of aromatic nitrogens is 2. The first-order valence-electron chi connectivity index (χ1n) is 7.46. The Labute approximate surface area is 149 Å². The molecular weight excluding hydrogens is 340 g/mol. The number of carbonyl (C=O) groups excluding carboxylic acids is 1. The number of ether oxygens (including phenoxy) is 1. The highest BCUT2D eigenvalue weighted by Gasteiger charge is 2.09. The average Bonchev–Trinajstić information content (AvgIpc) is 2.62. The average molecular weight is 355 g/mol. The quantitative estimate of drug-likeness (QED) is 0.720. The van der Waals surface area contributed by atoms with Crippen LogP contribution in [-0.2, 0) is 0 Å². The van der Waals surface area contributed by atoms with Crippen LogP contribution in [-0.4, -0.2) is 23.2 Å². The number of rotatable bonds is 5. The predicted octanol–water partition coefficient (Wildman–Crippen LogP) is 4.13. The van der Waals surface area contributed by atoms with E-state index in [-0.39, 0.29) is 11.6 Å². The predicted molar refractivity (Wildman–Crippen MR) is 97.7 cm³/mol. The van der Waals surface area contributed by atoms with E-state index < -0.39 is 0 Å². The van der Waals surface area contributed by atoms with Gasteiger partial charge in [-0.05, 0) is 42.5 Å². The Kier molecular flexibility index (Phi) is 5.11. The lowest BCUT2D eigenvalue weighted by molar-refractivity contribution is 0.102. The normalized spacial score (nSPS) is 10.2. The van der Waals surface area contributed by atoms with Gasteiger partial charge in [-0.15, -0.1) is 10.2 Å². The van der Waals surface area contributed by atoms with E-state index in [4.69, 9.17) is 16.3 Å². The number of benzene rings is 2. The highest BCUT2D eigenvalue weighted by atomic mass is 35.5. The van der Waals surface area contributed by atoms with Crippen molar-refractivity contribution < 1.29 is 9.53 Å². The van der Waals surface area contributed by atoms with Crippen molar-refractivity contribution in [1.82, 2.24) is 10.2 Å². The lowest BCUT2D eigenvalue weighted by Crippen LogP contribution is -2.14. The molecule has 0 bridgehead atoms. The van der Waals surface area contributed by atoms with Gasteiger partial charge in [-0.3, -0.25) is 4.79 Å². The van der Waals surface area contributed by atoms with Crippen LogP contribution in [0, 0.1) is 0 Å². The molecule has 2 aromatic carbocycles. The van der Waals surface area contributed by atoms with Crippen molar-refractivity contribution in [3.63, 3.8) is 0 Å². The molecule has 0 radical (unpaired) electrons. The third-order valence-corrected chi connectivity index (χ3v) is 3.56. The second kappa shape index (κ2) is 7.63. The van der Waals surface area contributed by atoms with Crippen molar-refractivity contribution >= 4 is 34.7 Å². The Bertz CT molecular complexity index is 884. The molecule has 0 aliphatic heterocycles. The highest BCUT2D eigenvalue weighted by Crippen LogP contribution is 2.19. The molecule has 0 saturated carbocycles. The van der Waals surface area contributed by atoms with Gasteiger partial charge in [0.1, 0.15) is 5.75 Å². The van der Waals surface area contributed by atoms with Crippen LogP contribution < -0.4 is 15.4 Å². The molecule has 0 spiro atoms. The van der Waals surface area contributed by atoms with Crippen LogP contribution in [0.4, 0.5) is 17.2 Å². The van der Waals surface area contributed by atoms with E-state index in [2.05, 4.69) is 20.8 Å². The Morgan fingerprint density at radius 1 is 1.00 bits per heavy atom. The third-order valence-electron chi connectivity index (χ3n) is 3.32. The summed E-state index contributed by atoms with van der Waals surface area (Å²) in [5.74, 6) is 0.820. The fourth-order valence-corrected chi connectivity index (χ4v) is 2.32. The van der Waals surface area contributed by atoms with Crippen molar-refractivity contribution in [2.45, 2.75) is 0 Å². The summed E-state index contributed by atoms with van der Waals surface area (Å²) in [6.45, 7) is 0. The fraction of sp³-hybridized carbons (Fsp3) is 0.0556. The molecule has 3 aromatic rings. The molecule has 0 aliphatic carbocycles. The maximum atomic E-state index is 12.2. The van der Waals surface area contributed by atoms with E-state index in [1.807, 2.05) is 12.1 Å². The number of hydrogen-bond acceptors (Lipinski definition) is 5. The van der Waals surface area contributed by atoms with Crippen LogP contribution in [0.25, 0.3) is 0 Å². The summed E-state index contributed by atoms with van der Waals surface area (Å²) in [5.41, 5.74) is 1.61. The van der Waals surface area contributed by atoms with Crippen molar-refractivity contribution in [2.75, 3.05) is 17.7 Å². The zero-order chi connectivity index (χ0) is 17.6. The first kappa shape index (κ1) is 16.7. The molecule has 1 amide bonds. The van der Waals surface area contributed by atoms with E-state index in [9.17, 15) is 4.79 Å². The molecule has 0 atom stereocenters. The van der Waals surface area contributed by atoms with Crippen LogP contribution in [0.5, 0.6) is 5.75 Å². The second-order valence-corrected chi connectivity index (χ2v) is 5.56. The Morgan fingerprint density at radius 3 is 2.52 bits per heavy atom. The van der Waals surface area contributed by atoms with E-state index in [0.29, 0.717) is 22.3 Å². The molecular formula is C18H15ClN4O2. The van der Waals surface area contributed by atoms with Crippen molar-refractivity contribution in [3.8, 4) is 5.75 Å². The molecule has 0 fully saturated rings. The van der Waals surface area contributed by atoms with Gasteiger partial charge in [0, 0.05) is 22.5 Å². The molecule has 1 heterocycles. The Hall–Kier alpha value is -3.12. The van der Waals surface area contributed by atoms with Gasteiger partial charge in [0.25, 0.3) is 5.91 Å². The zero-order valence-corrected chi connectivity index (χ0v) is 14.1. The van der Waals surface area contributed by atoms with E-state index >= 15 is 0 Å². The van der Waals surface area contributed by atoms with Crippen LogP contribution in [0.1, 0.15) is 10.5 Å². The summed E-state index contributed by atoms with van der Waals surface area (Å²) in [6.07, 6.45) is 0. The van der Waals surface area contributed by atoms with Crippen molar-refractivity contribution in [2.24, 2.45) is 0 Å². The minimum atomic E-state index is -0.352. The summed E-state index contributed by atoms with van der Waals surface area (Å²) >= 11 is 5.94. The molecule has 0 aliphatic rings. The van der Waals surface area contributed by atoms with Crippen molar-refractivity contribution in [1.29, 1.82) is 0 Å². The van der Waals surface area contributed by atoms with Gasteiger partial charge in [0.05, 0.1) is 7.11 Å². The Morgan fingerprint density at radius 2 is 1.80 bits per heavy atom. The second-order valence-electron chi connectivity index (χ2n) is 5.13. The minimum absolute atomic E-state index is 0.208. The summed E-state index contributed by atoms with van der Waals surface area (Å²) in [6, 6.07) is 17.6. The van der Waals surface area contributed by atoms with Crippen molar-refractivity contribution in [3.05, 3.63) is 71.4 Å². The Balaban J connectivity index is 1.67. The molecule has 2 N–H and O–H groups in total. The van der Waals surface area contributed by atoms with Gasteiger partial charge >= 0.3 is 0 Å². The number of anilines is 3. The topological polar surface area (TPSA) is 76.1 Å². The maximum Gasteiger partial charge on any atom is 0.276 e. The SMILES string of the molecule is COc1cccc(NC(=O)c2ccc(Nc3cccc(Cl)c3)nn2)c1. The van der Waals surface area contributed by atoms with E-state index in [1.165, 1.54) is 0 Å². The van der Waals surface area contributed by atoms with E-state index in [1.54, 1.807) is 55.6 Å². The maximum absolute atomic E-state index is 12.2. The first-order valence-corrected chi connectivity index (χ1v) is 7.83. The van der Waals surface area contributed by atoms with Crippen LogP contribution >= 0.6 is 11.6 Å². The third kappa shape index (κ3) is 4.45. The number of carbonyl (C=O) groups is 1. The van der Waals surface area contributed by atoms with E-state index in [0.717, 1.165) is 5.69 Å². The van der Waals surface area contributed by atoms with Gasteiger partial charge in [-0.25, -0.2) is 0 Å². The van der Waals surface area contributed by atoms with Crippen LogP contribution in [0.15, 0.2) is 60.7 Å². The van der Waals surface area contributed by atoms with Gasteiger partial charge in [-0.1, -0.05) is 23.7 Å². The molecule has 1 aromatic heterocycles. The molecule has 6 nitrogen and oxygen atoms in total. The van der Waals surface area contributed by atoms with Gasteiger partial charge in [0.15, 0.2) is 11.5 Å². The van der Waals surface area contributed by atoms with Gasteiger partial charge < -0.3 is 15.4 Å². The number of nitrogens with one attached hydrogen (secondary N) is 2. The summed E-state index contributed by atoms with van der Waals surface area (Å²) in [7, 11) is 1.57. The number of hydrogen-bond donors (Lipinski definition) is 2. The summed E-state index contributed by atoms with van der Waals surface area (Å²) in [4.78, 5) is 12.2. The van der Waals surface area contributed by atoms with Gasteiger partial charge in [-0.2, -0.15) is 0 Å². The summed E-state index contributed by atoms with van der Waals surface area (Å²) < 4.78 is 5.13. The molecule has 25 heavy (non-hydrogen) atoms. The number of methoxy groups -OCH3 is 1. The molecule has 126 valence electrons. The fourth-order valence-electron chi connectivity index (χ4n) is 2.13. The van der Waals surface area contributed by atoms with Crippen LogP contribution in [0.3, 0.4) is 0 Å². The lowest BCUT2D eigenvalue weighted by atomic mass is 10.3. The highest BCUT2D eigenvalue weighted by molar-refractivity contribution is 6.30. The smallest absolute Gasteiger partial charge is 0.276 e. The lowest BCUT2D eigenvalue weighted by Gasteiger charge is -2.07. The number of nitrogens with zero attached hydrogens (tertiary/aromatic N) is 2. The van der Waals surface area contributed by atoms with Gasteiger partial charge in [0.2, 0.25) is 0 Å². The monoisotopic (exact) mass is 354 g/mol. The minimum Gasteiger partial charge on any atom is -0.497 e. The molecule has 7 heteroatoms. The van der Waals surface area contributed by atoms with Crippen LogP contribution in [0.2, 0.25) is 5.02 Å².